The van der Waals surface area contributed by atoms with Crippen LogP contribution in [0.25, 0.3) is 6.08 Å². The molecule has 9 heteroatoms. The molecule has 0 aromatic heterocycles. The minimum absolute atomic E-state index is 0.0553. The predicted molar refractivity (Wildman–Crippen MR) is 123 cm³/mol. The summed E-state index contributed by atoms with van der Waals surface area (Å²) in [5.74, 6) is 0.230. The van der Waals surface area contributed by atoms with Crippen molar-refractivity contribution in [1.82, 2.24) is 0 Å². The Hall–Kier alpha value is -3.59. The number of phenols is 1. The maximum atomic E-state index is 12.6. The normalized spacial score (nSPS) is 15.9. The number of aliphatic imine (C=N–C) groups is 1. The van der Waals surface area contributed by atoms with Gasteiger partial charge in [-0.3, -0.25) is 0 Å². The maximum absolute atomic E-state index is 12.6. The van der Waals surface area contributed by atoms with Crippen molar-refractivity contribution >= 4 is 34.5 Å². The van der Waals surface area contributed by atoms with Gasteiger partial charge in [-0.25, -0.2) is 9.79 Å². The minimum Gasteiger partial charge on any atom is -0.506 e. The van der Waals surface area contributed by atoms with Gasteiger partial charge in [0.2, 0.25) is 0 Å². The smallest absolute Gasteiger partial charge is 0.344 e. The number of aliphatic hydroxyl groups is 1. The fraction of sp³-hybridized carbons (Fsp3) is 0.217. The molecule has 0 atom stereocenters. The van der Waals surface area contributed by atoms with Gasteiger partial charge in [0.1, 0.15) is 16.4 Å². The number of aliphatic hydroxyl groups excluding tert-OH is 1. The number of thioether (sulfide) groups is 1. The Bertz CT molecular complexity index is 1120. The third-order valence-electron chi connectivity index (χ3n) is 4.50. The monoisotopic (exact) mass is 457 g/mol. The van der Waals surface area contributed by atoms with E-state index >= 15 is 0 Å². The average molecular weight is 458 g/mol. The Labute approximate surface area is 189 Å². The van der Waals surface area contributed by atoms with E-state index in [0.717, 1.165) is 11.8 Å². The highest BCUT2D eigenvalue weighted by Crippen LogP contribution is 2.42. The van der Waals surface area contributed by atoms with Gasteiger partial charge in [0.05, 0.1) is 38.5 Å². The number of hydrogen-bond acceptors (Lipinski definition) is 9. The van der Waals surface area contributed by atoms with Crippen LogP contribution in [-0.4, -0.2) is 49.2 Å². The number of aromatic hydroxyl groups is 1. The van der Waals surface area contributed by atoms with Crippen molar-refractivity contribution in [2.24, 2.45) is 4.99 Å². The van der Waals surface area contributed by atoms with Crippen LogP contribution < -0.4 is 14.2 Å². The molecule has 0 radical (unpaired) electrons. The van der Waals surface area contributed by atoms with E-state index < -0.39 is 5.97 Å². The first-order chi connectivity index (χ1) is 15.4. The zero-order valence-electron chi connectivity index (χ0n) is 18.0. The fourth-order valence-corrected chi connectivity index (χ4v) is 3.99. The minimum atomic E-state index is -0.699. The molecule has 0 saturated carbocycles. The number of hydrogen-bond donors (Lipinski definition) is 2. The van der Waals surface area contributed by atoms with E-state index in [1.54, 1.807) is 49.4 Å². The maximum Gasteiger partial charge on any atom is 0.344 e. The van der Waals surface area contributed by atoms with Crippen molar-refractivity contribution in [3.05, 3.63) is 58.2 Å². The number of carbonyl (C=O) groups is 1. The fourth-order valence-electron chi connectivity index (χ4n) is 2.97. The van der Waals surface area contributed by atoms with Crippen molar-refractivity contribution < 1.29 is 34.0 Å². The topological polar surface area (TPSA) is 107 Å². The van der Waals surface area contributed by atoms with Crippen LogP contribution in [0.4, 0.5) is 5.69 Å². The molecule has 168 valence electrons. The van der Waals surface area contributed by atoms with Crippen LogP contribution in [0.2, 0.25) is 0 Å². The molecule has 0 unspecified atom stereocenters. The number of esters is 1. The Balaban J connectivity index is 2.08. The predicted octanol–water partition coefficient (Wildman–Crippen LogP) is 4.61. The lowest BCUT2D eigenvalue weighted by Crippen LogP contribution is -2.12. The van der Waals surface area contributed by atoms with Crippen LogP contribution in [-0.2, 0) is 9.53 Å². The molecule has 0 amide bonds. The Kier molecular flexibility index (Phi) is 7.32. The summed E-state index contributed by atoms with van der Waals surface area (Å²) in [6, 6.07) is 10.0. The molecule has 0 aliphatic carbocycles. The summed E-state index contributed by atoms with van der Waals surface area (Å²) in [5, 5.41) is 21.4. The molecule has 32 heavy (non-hydrogen) atoms. The first-order valence-corrected chi connectivity index (χ1v) is 10.4. The van der Waals surface area contributed by atoms with Crippen molar-refractivity contribution in [2.75, 3.05) is 27.9 Å². The lowest BCUT2D eigenvalue weighted by atomic mass is 10.1. The molecule has 0 fully saturated rings. The molecular formula is C23H23NO7S. The number of benzene rings is 2. The van der Waals surface area contributed by atoms with E-state index in [9.17, 15) is 15.0 Å². The molecule has 0 bridgehead atoms. The summed E-state index contributed by atoms with van der Waals surface area (Å²) in [5.41, 5.74) is 0.847. The van der Waals surface area contributed by atoms with Crippen molar-refractivity contribution in [3.8, 4) is 23.0 Å². The summed E-state index contributed by atoms with van der Waals surface area (Å²) in [6.45, 7) is 1.81. The molecule has 8 nitrogen and oxygen atoms in total. The summed E-state index contributed by atoms with van der Waals surface area (Å²) in [7, 11) is 4.48. The van der Waals surface area contributed by atoms with E-state index in [1.807, 2.05) is 0 Å². The number of carbonyl (C=O) groups excluding carboxylic acids is 1. The summed E-state index contributed by atoms with van der Waals surface area (Å²) < 4.78 is 20.8. The third-order valence-corrected chi connectivity index (χ3v) is 5.52. The van der Waals surface area contributed by atoms with Crippen LogP contribution in [0.1, 0.15) is 12.5 Å². The van der Waals surface area contributed by atoms with E-state index in [0.29, 0.717) is 27.7 Å². The van der Waals surface area contributed by atoms with Gasteiger partial charge >= 0.3 is 5.97 Å². The van der Waals surface area contributed by atoms with E-state index in [2.05, 4.69) is 4.99 Å². The molecule has 2 N–H and O–H groups in total. The highest BCUT2D eigenvalue weighted by atomic mass is 32.2. The van der Waals surface area contributed by atoms with Crippen LogP contribution in [0.3, 0.4) is 0 Å². The van der Waals surface area contributed by atoms with Crippen molar-refractivity contribution in [3.63, 3.8) is 0 Å². The molecule has 3 rings (SSSR count). The number of phenolic OH excluding ortho intramolecular Hbond substituents is 1. The first-order valence-electron chi connectivity index (χ1n) is 9.60. The zero-order valence-corrected chi connectivity index (χ0v) is 18.9. The molecule has 0 spiro atoms. The first kappa shape index (κ1) is 23.1. The quantitative estimate of drug-likeness (QED) is 0.581. The molecule has 2 aromatic carbocycles. The van der Waals surface area contributed by atoms with Crippen LogP contribution >= 0.6 is 11.8 Å². The van der Waals surface area contributed by atoms with Gasteiger partial charge in [0.15, 0.2) is 23.0 Å². The van der Waals surface area contributed by atoms with E-state index in [-0.39, 0.29) is 34.5 Å². The van der Waals surface area contributed by atoms with Gasteiger partial charge in [0, 0.05) is 11.6 Å². The van der Waals surface area contributed by atoms with Gasteiger partial charge in [-0.15, -0.1) is 0 Å². The zero-order chi connectivity index (χ0) is 23.3. The molecular weight excluding hydrogens is 434 g/mol. The summed E-state index contributed by atoms with van der Waals surface area (Å²) >= 11 is 1.08. The largest absolute Gasteiger partial charge is 0.506 e. The number of ether oxygens (including phenoxy) is 4. The van der Waals surface area contributed by atoms with Gasteiger partial charge in [0.25, 0.3) is 0 Å². The SMILES string of the molecule is CCOC(=O)C1=C(O)C(=Cc2cccc(OC)c2O)SC1=Nc1ccc(OC)c(OC)c1. The number of nitrogens with zero attached hydrogens (tertiary/aromatic N) is 1. The average Bonchev–Trinajstić information content (AvgIpc) is 3.09. The second-order valence-electron chi connectivity index (χ2n) is 6.41. The number of rotatable bonds is 7. The molecule has 1 aliphatic heterocycles. The van der Waals surface area contributed by atoms with Gasteiger partial charge < -0.3 is 29.2 Å². The Morgan fingerprint density at radius 1 is 1.03 bits per heavy atom. The standard InChI is InChI=1S/C23H23NO7S/c1-5-31-23(27)19-21(26)18(11-13-7-6-8-16(29-3)20(13)25)32-22(19)24-14-9-10-15(28-2)17(12-14)30-4/h6-12,25-26H,5H2,1-4H3. The van der Waals surface area contributed by atoms with E-state index in [1.165, 1.54) is 21.3 Å². The Morgan fingerprint density at radius 3 is 2.41 bits per heavy atom. The molecule has 2 aromatic rings. The van der Waals surface area contributed by atoms with Crippen LogP contribution in [0.15, 0.2) is 57.6 Å². The third kappa shape index (κ3) is 4.67. The molecule has 1 aliphatic rings. The number of para-hydroxylation sites is 1. The van der Waals surface area contributed by atoms with Crippen LogP contribution in [0.5, 0.6) is 23.0 Å². The van der Waals surface area contributed by atoms with Gasteiger partial charge in [-0.1, -0.05) is 23.9 Å². The molecule has 1 heterocycles. The second-order valence-corrected chi connectivity index (χ2v) is 7.44. The highest BCUT2D eigenvalue weighted by molar-refractivity contribution is 8.18. The van der Waals surface area contributed by atoms with Crippen molar-refractivity contribution in [1.29, 1.82) is 0 Å². The van der Waals surface area contributed by atoms with Crippen LogP contribution in [0, 0.1) is 0 Å². The molecule has 0 saturated heterocycles. The second kappa shape index (κ2) is 10.1. The summed E-state index contributed by atoms with van der Waals surface area (Å²) in [4.78, 5) is 17.4. The number of methoxy groups -OCH3 is 3. The van der Waals surface area contributed by atoms with E-state index in [4.69, 9.17) is 18.9 Å². The van der Waals surface area contributed by atoms with Gasteiger partial charge in [-0.05, 0) is 31.2 Å². The highest BCUT2D eigenvalue weighted by Gasteiger charge is 2.33. The van der Waals surface area contributed by atoms with Gasteiger partial charge in [-0.2, -0.15) is 0 Å². The lowest BCUT2D eigenvalue weighted by Gasteiger charge is -2.08. The lowest BCUT2D eigenvalue weighted by molar-refractivity contribution is -0.138. The van der Waals surface area contributed by atoms with Crippen molar-refractivity contribution in [2.45, 2.75) is 6.92 Å². The Morgan fingerprint density at radius 2 is 1.75 bits per heavy atom. The summed E-state index contributed by atoms with van der Waals surface area (Å²) in [6.07, 6.45) is 1.55.